The zero-order valence-electron chi connectivity index (χ0n) is 12.7. The minimum atomic E-state index is -0.866. The van der Waals surface area contributed by atoms with Gasteiger partial charge in [-0.15, -0.1) is 11.8 Å². The summed E-state index contributed by atoms with van der Waals surface area (Å²) in [7, 11) is 0. The third kappa shape index (κ3) is 5.65. The molecule has 0 radical (unpaired) electrons. The van der Waals surface area contributed by atoms with Gasteiger partial charge in [0.15, 0.2) is 0 Å². The predicted octanol–water partition coefficient (Wildman–Crippen LogP) is 4.20. The number of benzene rings is 2. The first kappa shape index (κ1) is 18.5. The van der Waals surface area contributed by atoms with E-state index in [0.717, 1.165) is 21.2 Å². The molecule has 3 N–H and O–H groups in total. The number of hydrogen-bond acceptors (Lipinski definition) is 3. The van der Waals surface area contributed by atoms with Gasteiger partial charge >= 0.3 is 0 Å². The fourth-order valence-electron chi connectivity index (χ4n) is 1.97. The molecule has 2 rings (SSSR count). The molecule has 0 saturated heterocycles. The largest absolute Gasteiger partial charge is 0.366 e. The molecule has 0 unspecified atom stereocenters. The van der Waals surface area contributed by atoms with Gasteiger partial charge in [0.2, 0.25) is 5.91 Å². The van der Waals surface area contributed by atoms with E-state index in [9.17, 15) is 14.0 Å². The molecule has 0 aliphatic heterocycles. The minimum Gasteiger partial charge on any atom is -0.366 e. The molecule has 0 aliphatic rings. The van der Waals surface area contributed by atoms with Crippen molar-refractivity contribution < 1.29 is 14.0 Å². The summed E-state index contributed by atoms with van der Waals surface area (Å²) in [6.07, 6.45) is 1.04. The lowest BCUT2D eigenvalue weighted by Crippen LogP contribution is -2.15. The summed E-state index contributed by atoms with van der Waals surface area (Å²) in [6, 6.07) is 11.7. The fraction of sp³-hybridized carbons (Fsp3) is 0.176. The molecule has 0 bridgehead atoms. The summed E-state index contributed by atoms with van der Waals surface area (Å²) in [5.74, 6) is -0.945. The Morgan fingerprint density at radius 2 is 1.88 bits per heavy atom. The highest BCUT2D eigenvalue weighted by molar-refractivity contribution is 9.10. The fourth-order valence-corrected chi connectivity index (χ4v) is 3.09. The molecule has 2 aromatic rings. The number of primary amides is 1. The van der Waals surface area contributed by atoms with E-state index in [-0.39, 0.29) is 11.5 Å². The molecule has 126 valence electrons. The quantitative estimate of drug-likeness (QED) is 0.530. The smallest absolute Gasteiger partial charge is 0.251 e. The number of hydrogen-bond donors (Lipinski definition) is 2. The van der Waals surface area contributed by atoms with Crippen LogP contribution >= 0.6 is 27.7 Å². The first-order chi connectivity index (χ1) is 11.5. The van der Waals surface area contributed by atoms with Gasteiger partial charge in [0.25, 0.3) is 5.91 Å². The second kappa shape index (κ2) is 8.84. The van der Waals surface area contributed by atoms with E-state index in [2.05, 4.69) is 21.2 Å². The Balaban J connectivity index is 1.78. The normalized spacial score (nSPS) is 10.4. The number of halogens is 2. The molecule has 7 heteroatoms. The van der Waals surface area contributed by atoms with Gasteiger partial charge in [0, 0.05) is 21.5 Å². The molecular weight excluding hydrogens is 395 g/mol. The van der Waals surface area contributed by atoms with Crippen LogP contribution in [0.2, 0.25) is 0 Å². The van der Waals surface area contributed by atoms with Crippen LogP contribution in [0.15, 0.2) is 51.8 Å². The average Bonchev–Trinajstić information content (AvgIpc) is 2.55. The van der Waals surface area contributed by atoms with Gasteiger partial charge in [0.05, 0.1) is 5.56 Å². The molecule has 0 spiro atoms. The van der Waals surface area contributed by atoms with Crippen molar-refractivity contribution in [1.82, 2.24) is 0 Å². The molecular formula is C17H16BrFN2O2S. The number of amides is 2. The first-order valence-corrected chi connectivity index (χ1v) is 9.01. The maximum absolute atomic E-state index is 13.4. The van der Waals surface area contributed by atoms with Gasteiger partial charge in [0.1, 0.15) is 5.82 Å². The number of carbonyl (C=O) groups excluding carboxylic acids is 2. The van der Waals surface area contributed by atoms with Crippen LogP contribution in [0.5, 0.6) is 0 Å². The Morgan fingerprint density at radius 3 is 2.54 bits per heavy atom. The number of carbonyl (C=O) groups is 2. The van der Waals surface area contributed by atoms with E-state index in [1.807, 2.05) is 24.3 Å². The molecule has 4 nitrogen and oxygen atoms in total. The Bertz CT molecular complexity index is 738. The predicted molar refractivity (Wildman–Crippen MR) is 97.6 cm³/mol. The second-order valence-corrected chi connectivity index (χ2v) is 7.10. The summed E-state index contributed by atoms with van der Waals surface area (Å²) in [6.45, 7) is 0. The van der Waals surface area contributed by atoms with E-state index < -0.39 is 11.7 Å². The molecule has 0 fully saturated rings. The zero-order valence-corrected chi connectivity index (χ0v) is 15.1. The van der Waals surface area contributed by atoms with Crippen molar-refractivity contribution in [3.63, 3.8) is 0 Å². The van der Waals surface area contributed by atoms with Crippen LogP contribution in [0, 0.1) is 5.82 Å². The molecule has 0 aliphatic carbocycles. The third-order valence-corrected chi connectivity index (χ3v) is 4.77. The van der Waals surface area contributed by atoms with Crippen LogP contribution in [-0.4, -0.2) is 17.6 Å². The number of thioether (sulfide) groups is 1. The molecule has 0 saturated carbocycles. The van der Waals surface area contributed by atoms with Crippen LogP contribution in [0.25, 0.3) is 0 Å². The molecule has 0 aromatic heterocycles. The van der Waals surface area contributed by atoms with Crippen molar-refractivity contribution in [2.75, 3.05) is 11.1 Å². The summed E-state index contributed by atoms with van der Waals surface area (Å²) in [5, 5.41) is 2.64. The Hall–Kier alpha value is -1.86. The Kier molecular flexibility index (Phi) is 6.81. The van der Waals surface area contributed by atoms with Crippen LogP contribution in [0.1, 0.15) is 23.2 Å². The van der Waals surface area contributed by atoms with E-state index in [0.29, 0.717) is 18.5 Å². The highest BCUT2D eigenvalue weighted by Crippen LogP contribution is 2.22. The lowest BCUT2D eigenvalue weighted by Gasteiger charge is -2.07. The van der Waals surface area contributed by atoms with Crippen molar-refractivity contribution in [3.8, 4) is 0 Å². The first-order valence-electron chi connectivity index (χ1n) is 7.23. The van der Waals surface area contributed by atoms with E-state index in [4.69, 9.17) is 5.73 Å². The summed E-state index contributed by atoms with van der Waals surface area (Å²) >= 11 is 5.06. The number of anilines is 1. The maximum atomic E-state index is 13.4. The van der Waals surface area contributed by atoms with Crippen molar-refractivity contribution in [1.29, 1.82) is 0 Å². The topological polar surface area (TPSA) is 72.2 Å². The lowest BCUT2D eigenvalue weighted by atomic mass is 10.1. The van der Waals surface area contributed by atoms with E-state index in [1.165, 1.54) is 12.1 Å². The van der Waals surface area contributed by atoms with E-state index >= 15 is 0 Å². The molecule has 24 heavy (non-hydrogen) atoms. The van der Waals surface area contributed by atoms with Gasteiger partial charge in [-0.25, -0.2) is 4.39 Å². The Morgan fingerprint density at radius 1 is 1.17 bits per heavy atom. The van der Waals surface area contributed by atoms with Gasteiger partial charge in [-0.05, 0) is 54.6 Å². The van der Waals surface area contributed by atoms with Crippen LogP contribution < -0.4 is 11.1 Å². The molecule has 2 aromatic carbocycles. The second-order valence-electron chi connectivity index (χ2n) is 5.01. The summed E-state index contributed by atoms with van der Waals surface area (Å²) in [4.78, 5) is 24.1. The molecule has 0 atom stereocenters. The standard InChI is InChI=1S/C17H16BrFN2O2S/c18-11-3-6-13(7-4-11)24-9-1-2-16(22)21-12-5-8-15(19)14(10-12)17(20)23/h3-8,10H,1-2,9H2,(H2,20,23)(H,21,22). The van der Waals surface area contributed by atoms with Crippen LogP contribution in [0.4, 0.5) is 10.1 Å². The minimum absolute atomic E-state index is 0.187. The lowest BCUT2D eigenvalue weighted by molar-refractivity contribution is -0.116. The van der Waals surface area contributed by atoms with Crippen LogP contribution in [-0.2, 0) is 4.79 Å². The average molecular weight is 411 g/mol. The van der Waals surface area contributed by atoms with Gasteiger partial charge < -0.3 is 11.1 Å². The third-order valence-electron chi connectivity index (χ3n) is 3.15. The van der Waals surface area contributed by atoms with Gasteiger partial charge in [-0.1, -0.05) is 15.9 Å². The highest BCUT2D eigenvalue weighted by atomic mass is 79.9. The van der Waals surface area contributed by atoms with Gasteiger partial charge in [-0.2, -0.15) is 0 Å². The Labute approximate surface area is 152 Å². The van der Waals surface area contributed by atoms with Crippen molar-refractivity contribution in [2.24, 2.45) is 5.73 Å². The molecule has 0 heterocycles. The van der Waals surface area contributed by atoms with Crippen LogP contribution in [0.3, 0.4) is 0 Å². The summed E-state index contributed by atoms with van der Waals surface area (Å²) < 4.78 is 14.4. The molecule has 2 amide bonds. The van der Waals surface area contributed by atoms with Crippen molar-refractivity contribution in [3.05, 3.63) is 58.3 Å². The number of nitrogens with one attached hydrogen (secondary N) is 1. The van der Waals surface area contributed by atoms with Gasteiger partial charge in [-0.3, -0.25) is 9.59 Å². The SMILES string of the molecule is NC(=O)c1cc(NC(=O)CCCSc2ccc(Br)cc2)ccc1F. The highest BCUT2D eigenvalue weighted by Gasteiger charge is 2.10. The monoisotopic (exact) mass is 410 g/mol. The van der Waals surface area contributed by atoms with Crippen molar-refractivity contribution >= 4 is 45.2 Å². The van der Waals surface area contributed by atoms with E-state index in [1.54, 1.807) is 11.8 Å². The summed E-state index contributed by atoms with van der Waals surface area (Å²) in [5.41, 5.74) is 5.20. The number of rotatable bonds is 7. The maximum Gasteiger partial charge on any atom is 0.251 e. The zero-order chi connectivity index (χ0) is 17.5. The number of nitrogens with two attached hydrogens (primary N) is 1. The van der Waals surface area contributed by atoms with Crippen molar-refractivity contribution in [2.45, 2.75) is 17.7 Å².